The van der Waals surface area contributed by atoms with Crippen molar-refractivity contribution < 1.29 is 28.5 Å². The van der Waals surface area contributed by atoms with E-state index in [2.05, 4.69) is 9.98 Å². The highest BCUT2D eigenvalue weighted by molar-refractivity contribution is 6.04. The van der Waals surface area contributed by atoms with Crippen molar-refractivity contribution in [2.45, 2.75) is 88.5 Å². The lowest BCUT2D eigenvalue weighted by atomic mass is 10.1. The van der Waals surface area contributed by atoms with E-state index in [0.29, 0.717) is 60.3 Å². The highest BCUT2D eigenvalue weighted by atomic mass is 16.5. The maximum Gasteiger partial charge on any atom is 0.256 e. The molecule has 0 spiro atoms. The van der Waals surface area contributed by atoms with Crippen molar-refractivity contribution in [1.82, 2.24) is 9.80 Å². The SMILES string of the molecule is COc1ccc2c(c1)N=C[C@@H]1C(OCCCCCCCCCCOC3CCN4C(=O)c5ccc(OC)cc5N=C[C@H]34)CCN1C2=O. The van der Waals surface area contributed by atoms with Crippen LogP contribution in [0.3, 0.4) is 0 Å². The van der Waals surface area contributed by atoms with Crippen molar-refractivity contribution >= 4 is 35.6 Å². The lowest BCUT2D eigenvalue weighted by molar-refractivity contribution is 0.0401. The van der Waals surface area contributed by atoms with E-state index < -0.39 is 0 Å². The van der Waals surface area contributed by atoms with Crippen LogP contribution < -0.4 is 9.47 Å². The van der Waals surface area contributed by atoms with E-state index in [9.17, 15) is 9.59 Å². The molecule has 2 saturated heterocycles. The van der Waals surface area contributed by atoms with Crippen molar-refractivity contribution in [2.24, 2.45) is 9.98 Å². The van der Waals surface area contributed by atoms with Crippen molar-refractivity contribution in [3.05, 3.63) is 47.5 Å². The first-order valence-corrected chi connectivity index (χ1v) is 16.9. The van der Waals surface area contributed by atoms with E-state index in [1.165, 1.54) is 25.7 Å². The number of carbonyl (C=O) groups excluding carboxylic acids is 2. The number of methoxy groups -OCH3 is 2. The standard InChI is InChI=1S/C36H46N4O6/c1-43-25-11-13-27-29(21-25)37-23-31-33(15-17-39(31)35(27)41)45-19-9-7-5-3-4-6-8-10-20-46-34-16-18-40-32(34)24-38-30-22-26(44-2)12-14-28(30)36(40)42/h11-14,21-24,31-34H,3-10,15-20H2,1-2H3/t31-,32-,33?,34?/m1/s1. The highest BCUT2D eigenvalue weighted by Crippen LogP contribution is 2.34. The Morgan fingerprint density at radius 3 is 1.46 bits per heavy atom. The van der Waals surface area contributed by atoms with Gasteiger partial charge in [0.25, 0.3) is 11.8 Å². The van der Waals surface area contributed by atoms with Crippen molar-refractivity contribution in [1.29, 1.82) is 0 Å². The van der Waals surface area contributed by atoms with Crippen LogP contribution in [-0.4, -0.2) is 98.9 Å². The third-order valence-corrected chi connectivity index (χ3v) is 9.62. The summed E-state index contributed by atoms with van der Waals surface area (Å²) >= 11 is 0. The molecule has 10 heteroatoms. The van der Waals surface area contributed by atoms with Gasteiger partial charge in [0.15, 0.2) is 0 Å². The maximum atomic E-state index is 13.1. The number of amides is 2. The number of hydrogen-bond acceptors (Lipinski definition) is 8. The smallest absolute Gasteiger partial charge is 0.256 e. The monoisotopic (exact) mass is 630 g/mol. The molecule has 0 radical (unpaired) electrons. The first-order chi connectivity index (χ1) is 22.6. The molecule has 46 heavy (non-hydrogen) atoms. The highest BCUT2D eigenvalue weighted by Gasteiger charge is 2.40. The third kappa shape index (κ3) is 7.13. The van der Waals surface area contributed by atoms with Gasteiger partial charge in [-0.25, -0.2) is 0 Å². The molecule has 2 amide bonds. The summed E-state index contributed by atoms with van der Waals surface area (Å²) in [6.45, 7) is 2.81. The summed E-state index contributed by atoms with van der Waals surface area (Å²) in [6, 6.07) is 10.6. The van der Waals surface area contributed by atoms with Gasteiger partial charge >= 0.3 is 0 Å². The second-order valence-corrected chi connectivity index (χ2v) is 12.5. The van der Waals surface area contributed by atoms with Crippen LogP contribution in [0.1, 0.15) is 84.9 Å². The summed E-state index contributed by atoms with van der Waals surface area (Å²) < 4.78 is 23.1. The first-order valence-electron chi connectivity index (χ1n) is 16.9. The van der Waals surface area contributed by atoms with Gasteiger partial charge in [-0.15, -0.1) is 0 Å². The largest absolute Gasteiger partial charge is 0.497 e. The summed E-state index contributed by atoms with van der Waals surface area (Å²) in [6.07, 6.45) is 14.7. The Balaban J connectivity index is 0.815. The molecule has 0 aliphatic carbocycles. The zero-order chi connectivity index (χ0) is 31.9. The Labute approximate surface area is 271 Å². The molecule has 2 fully saturated rings. The second-order valence-electron chi connectivity index (χ2n) is 12.5. The Hall–Kier alpha value is -3.76. The number of benzene rings is 2. The first kappa shape index (κ1) is 32.2. The van der Waals surface area contributed by atoms with Crippen LogP contribution in [0.4, 0.5) is 11.4 Å². The molecule has 2 unspecified atom stereocenters. The number of unbranched alkanes of at least 4 members (excludes halogenated alkanes) is 7. The minimum absolute atomic E-state index is 0.00540. The molecule has 4 aliphatic rings. The zero-order valence-electron chi connectivity index (χ0n) is 27.1. The van der Waals surface area contributed by atoms with Crippen LogP contribution in [0.15, 0.2) is 46.4 Å². The molecule has 0 aromatic heterocycles. The lowest BCUT2D eigenvalue weighted by Gasteiger charge is -2.23. The van der Waals surface area contributed by atoms with E-state index in [0.717, 1.165) is 38.5 Å². The van der Waals surface area contributed by atoms with E-state index in [4.69, 9.17) is 18.9 Å². The Bertz CT molecular complexity index is 1340. The molecule has 2 aromatic rings. The molecule has 4 heterocycles. The fourth-order valence-electron chi connectivity index (χ4n) is 6.97. The van der Waals surface area contributed by atoms with E-state index in [1.807, 2.05) is 46.5 Å². The molecule has 4 atom stereocenters. The molecule has 4 aliphatic heterocycles. The summed E-state index contributed by atoms with van der Waals surface area (Å²) in [5.41, 5.74) is 2.56. The molecule has 0 N–H and O–H groups in total. The Kier molecular flexibility index (Phi) is 10.7. The molecule has 6 rings (SSSR count). The number of nitrogens with zero attached hydrogens (tertiary/aromatic N) is 4. The Morgan fingerprint density at radius 1 is 0.630 bits per heavy atom. The second kappa shape index (κ2) is 15.2. The fraction of sp³-hybridized carbons (Fsp3) is 0.556. The zero-order valence-corrected chi connectivity index (χ0v) is 27.1. The molecular weight excluding hydrogens is 584 g/mol. The fourth-order valence-corrected chi connectivity index (χ4v) is 6.97. The van der Waals surface area contributed by atoms with Crippen LogP contribution in [0, 0.1) is 0 Å². The van der Waals surface area contributed by atoms with Gasteiger partial charge in [0, 0.05) is 50.9 Å². The van der Waals surface area contributed by atoms with Gasteiger partial charge in [0.2, 0.25) is 0 Å². The Morgan fingerprint density at radius 2 is 1.04 bits per heavy atom. The summed E-state index contributed by atoms with van der Waals surface area (Å²) in [7, 11) is 3.23. The van der Waals surface area contributed by atoms with Gasteiger partial charge in [-0.3, -0.25) is 19.6 Å². The average molecular weight is 631 g/mol. The topological polar surface area (TPSA) is 102 Å². The number of ether oxygens (including phenoxy) is 4. The summed E-state index contributed by atoms with van der Waals surface area (Å²) in [5, 5.41) is 0. The predicted octanol–water partition coefficient (Wildman–Crippen LogP) is 6.16. The van der Waals surface area contributed by atoms with Crippen molar-refractivity contribution in [3.8, 4) is 11.5 Å². The van der Waals surface area contributed by atoms with Gasteiger partial charge in [-0.2, -0.15) is 0 Å². The number of aliphatic imine (C=N–C) groups is 2. The quantitative estimate of drug-likeness (QED) is 0.219. The number of hydrogen-bond donors (Lipinski definition) is 0. The predicted molar refractivity (Wildman–Crippen MR) is 178 cm³/mol. The average Bonchev–Trinajstić information content (AvgIpc) is 3.61. The molecule has 0 saturated carbocycles. The maximum absolute atomic E-state index is 13.1. The minimum atomic E-state index is -0.118. The normalized spacial score (nSPS) is 23.1. The van der Waals surface area contributed by atoms with Crippen molar-refractivity contribution in [2.75, 3.05) is 40.5 Å². The minimum Gasteiger partial charge on any atom is -0.497 e. The summed E-state index contributed by atoms with van der Waals surface area (Å²) in [4.78, 5) is 39.3. The van der Waals surface area contributed by atoms with E-state index in [1.54, 1.807) is 26.4 Å². The number of rotatable bonds is 15. The van der Waals surface area contributed by atoms with Crippen LogP contribution in [0.25, 0.3) is 0 Å². The van der Waals surface area contributed by atoms with Gasteiger partial charge in [-0.1, -0.05) is 38.5 Å². The van der Waals surface area contributed by atoms with Crippen LogP contribution >= 0.6 is 0 Å². The number of fused-ring (bicyclic) bond motifs is 4. The molecule has 2 aromatic carbocycles. The van der Waals surface area contributed by atoms with Crippen LogP contribution in [0.2, 0.25) is 0 Å². The molecular formula is C36H46N4O6. The van der Waals surface area contributed by atoms with Gasteiger partial charge in [-0.05, 0) is 49.9 Å². The van der Waals surface area contributed by atoms with Crippen LogP contribution in [-0.2, 0) is 9.47 Å². The summed E-state index contributed by atoms with van der Waals surface area (Å²) in [5.74, 6) is 1.42. The lowest BCUT2D eigenvalue weighted by Crippen LogP contribution is -2.40. The van der Waals surface area contributed by atoms with Crippen molar-refractivity contribution in [3.63, 3.8) is 0 Å². The van der Waals surface area contributed by atoms with Gasteiger partial charge in [0.1, 0.15) is 11.5 Å². The molecule has 10 nitrogen and oxygen atoms in total. The molecule has 0 bridgehead atoms. The van der Waals surface area contributed by atoms with Crippen LogP contribution in [0.5, 0.6) is 11.5 Å². The molecule has 246 valence electrons. The van der Waals surface area contributed by atoms with Gasteiger partial charge in [0.05, 0.1) is 61.0 Å². The van der Waals surface area contributed by atoms with Gasteiger partial charge < -0.3 is 28.7 Å². The van der Waals surface area contributed by atoms with E-state index >= 15 is 0 Å². The number of carbonyl (C=O) groups is 2. The third-order valence-electron chi connectivity index (χ3n) is 9.62. The van der Waals surface area contributed by atoms with E-state index in [-0.39, 0.29) is 36.1 Å².